The quantitative estimate of drug-likeness (QED) is 0.781. The summed E-state index contributed by atoms with van der Waals surface area (Å²) in [6.07, 6.45) is 5.13. The van der Waals surface area contributed by atoms with E-state index in [-0.39, 0.29) is 5.72 Å². The lowest BCUT2D eigenvalue weighted by atomic mass is 9.85. The van der Waals surface area contributed by atoms with E-state index >= 15 is 0 Å². The van der Waals surface area contributed by atoms with E-state index in [1.54, 1.807) is 0 Å². The first-order valence-corrected chi connectivity index (χ1v) is 8.32. The molecule has 2 heterocycles. The van der Waals surface area contributed by atoms with Crippen LogP contribution in [0.1, 0.15) is 52.8 Å². The summed E-state index contributed by atoms with van der Waals surface area (Å²) in [5, 5.41) is 0. The Balaban J connectivity index is 1.93. The van der Waals surface area contributed by atoms with Gasteiger partial charge in [-0.3, -0.25) is 4.98 Å². The number of hydrogen-bond donors (Lipinski definition) is 0. The predicted molar refractivity (Wildman–Crippen MR) is 92.5 cm³/mol. The summed E-state index contributed by atoms with van der Waals surface area (Å²) in [5.74, 6) is 1.01. The smallest absolute Gasteiger partial charge is 0.200 e. The van der Waals surface area contributed by atoms with Crippen molar-refractivity contribution in [1.29, 1.82) is 0 Å². The van der Waals surface area contributed by atoms with Crippen LogP contribution in [0.3, 0.4) is 0 Å². The molecule has 1 spiro atoms. The third kappa shape index (κ3) is 2.18. The number of rotatable bonds is 1. The van der Waals surface area contributed by atoms with Gasteiger partial charge in [-0.2, -0.15) is 0 Å². The lowest BCUT2D eigenvalue weighted by molar-refractivity contribution is -0.00215. The molecule has 1 aromatic heterocycles. The average molecular weight is 306 g/mol. The molecule has 0 bridgehead atoms. The van der Waals surface area contributed by atoms with Gasteiger partial charge in [0.05, 0.1) is 5.71 Å². The lowest BCUT2D eigenvalue weighted by Gasteiger charge is -2.42. The second-order valence-corrected chi connectivity index (χ2v) is 6.87. The van der Waals surface area contributed by atoms with Crippen LogP contribution in [-0.2, 0) is 0 Å². The minimum Gasteiger partial charge on any atom is -0.465 e. The molecule has 2 aromatic rings. The SMILES string of the molecule is Cc1cc(C2=NC3(CCC3)Oc3c2ccc(C)c3C)cnc1C. The van der Waals surface area contributed by atoms with Crippen molar-refractivity contribution >= 4 is 5.71 Å². The van der Waals surface area contributed by atoms with E-state index in [0.29, 0.717) is 0 Å². The second-order valence-electron chi connectivity index (χ2n) is 6.87. The summed E-state index contributed by atoms with van der Waals surface area (Å²) in [7, 11) is 0. The largest absolute Gasteiger partial charge is 0.465 e. The first-order valence-electron chi connectivity index (χ1n) is 8.32. The van der Waals surface area contributed by atoms with Crippen molar-refractivity contribution in [3.05, 3.63) is 57.9 Å². The number of fused-ring (bicyclic) bond motifs is 1. The zero-order chi connectivity index (χ0) is 16.2. The molecule has 1 saturated carbocycles. The van der Waals surface area contributed by atoms with Gasteiger partial charge in [-0.05, 0) is 62.9 Å². The summed E-state index contributed by atoms with van der Waals surface area (Å²) in [5.41, 5.74) is 7.62. The molecule has 3 nitrogen and oxygen atoms in total. The Morgan fingerprint density at radius 3 is 2.48 bits per heavy atom. The highest BCUT2D eigenvalue weighted by Gasteiger charge is 2.43. The summed E-state index contributed by atoms with van der Waals surface area (Å²) in [4.78, 5) is 9.56. The zero-order valence-electron chi connectivity index (χ0n) is 14.2. The monoisotopic (exact) mass is 306 g/mol. The fourth-order valence-corrected chi connectivity index (χ4v) is 3.27. The number of aromatic nitrogens is 1. The summed E-state index contributed by atoms with van der Waals surface area (Å²) < 4.78 is 6.36. The van der Waals surface area contributed by atoms with E-state index in [0.717, 1.165) is 41.1 Å². The molecule has 0 unspecified atom stereocenters. The summed E-state index contributed by atoms with van der Waals surface area (Å²) in [6.45, 7) is 8.42. The van der Waals surface area contributed by atoms with Crippen LogP contribution in [0.2, 0.25) is 0 Å². The fraction of sp³-hybridized carbons (Fsp3) is 0.400. The van der Waals surface area contributed by atoms with Crippen molar-refractivity contribution in [2.45, 2.75) is 52.7 Å². The van der Waals surface area contributed by atoms with Crippen LogP contribution in [0.15, 0.2) is 29.4 Å². The van der Waals surface area contributed by atoms with Gasteiger partial charge in [-0.15, -0.1) is 0 Å². The van der Waals surface area contributed by atoms with Gasteiger partial charge in [0.2, 0.25) is 5.72 Å². The Hall–Kier alpha value is -2.16. The molecule has 0 N–H and O–H groups in total. The first-order chi connectivity index (χ1) is 11.0. The molecule has 1 fully saturated rings. The predicted octanol–water partition coefficient (Wildman–Crippen LogP) is 4.43. The Morgan fingerprint density at radius 2 is 1.83 bits per heavy atom. The third-order valence-corrected chi connectivity index (χ3v) is 5.29. The number of nitrogens with zero attached hydrogens (tertiary/aromatic N) is 2. The van der Waals surface area contributed by atoms with E-state index in [1.807, 2.05) is 13.1 Å². The Morgan fingerprint density at radius 1 is 1.04 bits per heavy atom. The van der Waals surface area contributed by atoms with Crippen LogP contribution < -0.4 is 4.74 Å². The van der Waals surface area contributed by atoms with E-state index < -0.39 is 0 Å². The van der Waals surface area contributed by atoms with Crippen LogP contribution in [0.4, 0.5) is 0 Å². The minimum atomic E-state index is -0.348. The Kier molecular flexibility index (Phi) is 3.09. The van der Waals surface area contributed by atoms with E-state index in [9.17, 15) is 0 Å². The van der Waals surface area contributed by atoms with Gasteiger partial charge in [-0.1, -0.05) is 6.07 Å². The first kappa shape index (κ1) is 14.4. The molecular formula is C20H22N2O. The molecular weight excluding hydrogens is 284 g/mol. The Bertz CT molecular complexity index is 832. The molecule has 0 atom stereocenters. The standard InChI is InChI=1S/C20H22N2O/c1-12-6-7-17-18(16-10-13(2)15(4)21-11-16)22-20(8-5-9-20)23-19(17)14(12)3/h6-7,10-11H,5,8-9H2,1-4H3. The maximum atomic E-state index is 6.36. The molecule has 1 aliphatic carbocycles. The third-order valence-electron chi connectivity index (χ3n) is 5.29. The average Bonchev–Trinajstić information content (AvgIpc) is 2.51. The van der Waals surface area contributed by atoms with E-state index in [2.05, 4.69) is 44.0 Å². The van der Waals surface area contributed by atoms with E-state index in [4.69, 9.17) is 9.73 Å². The highest BCUT2D eigenvalue weighted by atomic mass is 16.5. The van der Waals surface area contributed by atoms with Gasteiger partial charge in [0.25, 0.3) is 0 Å². The number of ether oxygens (including phenoxy) is 1. The van der Waals surface area contributed by atoms with Crippen molar-refractivity contribution in [2.24, 2.45) is 4.99 Å². The summed E-state index contributed by atoms with van der Waals surface area (Å²) >= 11 is 0. The van der Waals surface area contributed by atoms with Gasteiger partial charge < -0.3 is 4.74 Å². The normalized spacial score (nSPS) is 18.0. The van der Waals surface area contributed by atoms with Crippen molar-refractivity contribution in [3.8, 4) is 5.75 Å². The highest BCUT2D eigenvalue weighted by molar-refractivity contribution is 6.15. The van der Waals surface area contributed by atoms with Crippen LogP contribution in [0.25, 0.3) is 0 Å². The molecule has 0 radical (unpaired) electrons. The zero-order valence-corrected chi connectivity index (χ0v) is 14.2. The topological polar surface area (TPSA) is 34.5 Å². The lowest BCUT2D eigenvalue weighted by Crippen LogP contribution is -2.45. The van der Waals surface area contributed by atoms with Crippen LogP contribution >= 0.6 is 0 Å². The van der Waals surface area contributed by atoms with Crippen LogP contribution in [0.5, 0.6) is 5.75 Å². The number of aryl methyl sites for hydroxylation is 3. The van der Waals surface area contributed by atoms with Crippen molar-refractivity contribution in [1.82, 2.24) is 4.98 Å². The second kappa shape index (κ2) is 4.92. The van der Waals surface area contributed by atoms with Gasteiger partial charge >= 0.3 is 0 Å². The Labute approximate surface area is 137 Å². The van der Waals surface area contributed by atoms with Crippen molar-refractivity contribution < 1.29 is 4.74 Å². The molecule has 23 heavy (non-hydrogen) atoms. The van der Waals surface area contributed by atoms with Crippen LogP contribution in [-0.4, -0.2) is 16.4 Å². The van der Waals surface area contributed by atoms with Crippen molar-refractivity contribution in [2.75, 3.05) is 0 Å². The minimum absolute atomic E-state index is 0.348. The molecule has 118 valence electrons. The highest BCUT2D eigenvalue weighted by Crippen LogP contribution is 2.45. The molecule has 3 heteroatoms. The maximum absolute atomic E-state index is 6.36. The number of hydrogen-bond acceptors (Lipinski definition) is 3. The number of pyridine rings is 1. The fourth-order valence-electron chi connectivity index (χ4n) is 3.27. The van der Waals surface area contributed by atoms with Gasteiger partial charge in [0.15, 0.2) is 0 Å². The van der Waals surface area contributed by atoms with Gasteiger partial charge in [-0.25, -0.2) is 4.99 Å². The number of aliphatic imine (C=N–C) groups is 1. The van der Waals surface area contributed by atoms with E-state index in [1.165, 1.54) is 23.1 Å². The molecule has 4 rings (SSSR count). The molecule has 1 aromatic carbocycles. The molecule has 1 aliphatic heterocycles. The molecule has 0 amide bonds. The molecule has 2 aliphatic rings. The molecule has 0 saturated heterocycles. The van der Waals surface area contributed by atoms with Gasteiger partial charge in [0, 0.05) is 35.9 Å². The van der Waals surface area contributed by atoms with Crippen LogP contribution in [0, 0.1) is 27.7 Å². The number of benzene rings is 1. The van der Waals surface area contributed by atoms with Crippen molar-refractivity contribution in [3.63, 3.8) is 0 Å². The van der Waals surface area contributed by atoms with Gasteiger partial charge in [0.1, 0.15) is 5.75 Å². The maximum Gasteiger partial charge on any atom is 0.200 e. The summed E-state index contributed by atoms with van der Waals surface area (Å²) in [6, 6.07) is 6.48.